The van der Waals surface area contributed by atoms with Gasteiger partial charge in [0.1, 0.15) is 5.75 Å². The number of carbonyl (C=O) groups is 2. The van der Waals surface area contributed by atoms with E-state index in [9.17, 15) is 9.59 Å². The second kappa shape index (κ2) is 5.37. The summed E-state index contributed by atoms with van der Waals surface area (Å²) in [7, 11) is 0. The van der Waals surface area contributed by atoms with Crippen LogP contribution in [-0.2, 0) is 0 Å². The highest BCUT2D eigenvalue weighted by Gasteiger charge is 2.32. The molecule has 0 heterocycles. The number of carbonyl (C=O) groups excluding carboxylic acids is 2. The highest BCUT2D eigenvalue weighted by Crippen LogP contribution is 2.27. The SMILES string of the molecule is CCOc1ccc(C=C2C(=O)c3ccccc3C2=O)cc1. The minimum Gasteiger partial charge on any atom is -0.494 e. The second-order valence-electron chi connectivity index (χ2n) is 4.76. The average Bonchev–Trinajstić information content (AvgIpc) is 2.75. The van der Waals surface area contributed by atoms with E-state index in [2.05, 4.69) is 0 Å². The van der Waals surface area contributed by atoms with Crippen LogP contribution in [-0.4, -0.2) is 18.2 Å². The maximum Gasteiger partial charge on any atom is 0.197 e. The molecule has 2 aromatic carbocycles. The van der Waals surface area contributed by atoms with Gasteiger partial charge < -0.3 is 4.74 Å². The van der Waals surface area contributed by atoms with E-state index in [1.807, 2.05) is 31.2 Å². The van der Waals surface area contributed by atoms with Crippen LogP contribution in [0.3, 0.4) is 0 Å². The predicted octanol–water partition coefficient (Wildman–Crippen LogP) is 3.55. The minimum absolute atomic E-state index is 0.204. The Morgan fingerprint density at radius 2 is 1.48 bits per heavy atom. The monoisotopic (exact) mass is 278 g/mol. The van der Waals surface area contributed by atoms with Gasteiger partial charge >= 0.3 is 0 Å². The molecule has 0 atom stereocenters. The maximum atomic E-state index is 12.3. The van der Waals surface area contributed by atoms with Gasteiger partial charge in [0.25, 0.3) is 0 Å². The Kier molecular flexibility index (Phi) is 3.40. The Hall–Kier alpha value is -2.68. The molecule has 3 heteroatoms. The largest absolute Gasteiger partial charge is 0.494 e. The Bertz CT molecular complexity index is 702. The summed E-state index contributed by atoms with van der Waals surface area (Å²) in [6, 6.07) is 14.2. The zero-order chi connectivity index (χ0) is 14.8. The summed E-state index contributed by atoms with van der Waals surface area (Å²) in [4.78, 5) is 24.5. The van der Waals surface area contributed by atoms with Gasteiger partial charge in [-0.3, -0.25) is 9.59 Å². The lowest BCUT2D eigenvalue weighted by Crippen LogP contribution is -2.00. The molecular formula is C18H14O3. The number of benzene rings is 2. The molecule has 2 aromatic rings. The number of allylic oxidation sites excluding steroid dienone is 1. The van der Waals surface area contributed by atoms with Gasteiger partial charge in [-0.15, -0.1) is 0 Å². The number of ether oxygens (including phenoxy) is 1. The number of fused-ring (bicyclic) bond motifs is 1. The van der Waals surface area contributed by atoms with Crippen molar-refractivity contribution in [2.45, 2.75) is 6.92 Å². The average molecular weight is 278 g/mol. The van der Waals surface area contributed by atoms with Crippen LogP contribution in [0.15, 0.2) is 54.1 Å². The van der Waals surface area contributed by atoms with E-state index in [0.29, 0.717) is 17.7 Å². The third-order valence-corrected chi connectivity index (χ3v) is 3.41. The van der Waals surface area contributed by atoms with E-state index in [4.69, 9.17) is 4.74 Å². The highest BCUT2D eigenvalue weighted by molar-refractivity contribution is 6.41. The molecule has 0 bridgehead atoms. The van der Waals surface area contributed by atoms with Crippen LogP contribution in [0.5, 0.6) is 5.75 Å². The number of hydrogen-bond donors (Lipinski definition) is 0. The third-order valence-electron chi connectivity index (χ3n) is 3.41. The summed E-state index contributed by atoms with van der Waals surface area (Å²) in [6.45, 7) is 2.52. The van der Waals surface area contributed by atoms with E-state index >= 15 is 0 Å². The first kappa shape index (κ1) is 13.3. The normalized spacial score (nSPS) is 13.3. The molecule has 21 heavy (non-hydrogen) atoms. The summed E-state index contributed by atoms with van der Waals surface area (Å²) in [5, 5.41) is 0. The quantitative estimate of drug-likeness (QED) is 0.637. The van der Waals surface area contributed by atoms with Crippen LogP contribution in [0.25, 0.3) is 6.08 Å². The fourth-order valence-corrected chi connectivity index (χ4v) is 2.40. The van der Waals surface area contributed by atoms with Crippen LogP contribution >= 0.6 is 0 Å². The van der Waals surface area contributed by atoms with Crippen molar-refractivity contribution in [2.24, 2.45) is 0 Å². The van der Waals surface area contributed by atoms with Crippen molar-refractivity contribution in [3.05, 3.63) is 70.8 Å². The van der Waals surface area contributed by atoms with Crippen LogP contribution in [0.1, 0.15) is 33.2 Å². The summed E-state index contributed by atoms with van der Waals surface area (Å²) >= 11 is 0. The standard InChI is InChI=1S/C18H14O3/c1-2-21-13-9-7-12(8-10-13)11-16-17(19)14-5-3-4-6-15(14)18(16)20/h3-11H,2H2,1H3. The summed E-state index contributed by atoms with van der Waals surface area (Å²) in [6.07, 6.45) is 1.64. The van der Waals surface area contributed by atoms with Crippen molar-refractivity contribution < 1.29 is 14.3 Å². The van der Waals surface area contributed by atoms with Crippen LogP contribution < -0.4 is 4.74 Å². The summed E-state index contributed by atoms with van der Waals surface area (Å²) < 4.78 is 5.37. The lowest BCUT2D eigenvalue weighted by atomic mass is 10.1. The molecule has 0 saturated carbocycles. The lowest BCUT2D eigenvalue weighted by Gasteiger charge is -2.02. The van der Waals surface area contributed by atoms with Crippen molar-refractivity contribution >= 4 is 17.6 Å². The predicted molar refractivity (Wildman–Crippen MR) is 80.7 cm³/mol. The van der Waals surface area contributed by atoms with Crippen molar-refractivity contribution in [3.8, 4) is 5.75 Å². The third kappa shape index (κ3) is 2.38. The molecule has 0 amide bonds. The summed E-state index contributed by atoms with van der Waals surface area (Å²) in [5.41, 5.74) is 2.00. The molecule has 0 aliphatic heterocycles. The molecule has 0 unspecified atom stereocenters. The van der Waals surface area contributed by atoms with Crippen molar-refractivity contribution in [1.29, 1.82) is 0 Å². The second-order valence-corrected chi connectivity index (χ2v) is 4.76. The molecule has 0 N–H and O–H groups in total. The molecule has 0 aromatic heterocycles. The van der Waals surface area contributed by atoms with E-state index in [1.54, 1.807) is 30.3 Å². The molecular weight excluding hydrogens is 264 g/mol. The Morgan fingerprint density at radius 3 is 2.00 bits per heavy atom. The summed E-state index contributed by atoms with van der Waals surface area (Å²) in [5.74, 6) is 0.362. The molecule has 1 aliphatic carbocycles. The van der Waals surface area contributed by atoms with Gasteiger partial charge in [0.05, 0.1) is 12.2 Å². The zero-order valence-corrected chi connectivity index (χ0v) is 11.6. The smallest absolute Gasteiger partial charge is 0.197 e. The molecule has 0 spiro atoms. The zero-order valence-electron chi connectivity index (χ0n) is 11.6. The van der Waals surface area contributed by atoms with Gasteiger partial charge in [0.2, 0.25) is 0 Å². The Morgan fingerprint density at radius 1 is 0.905 bits per heavy atom. The van der Waals surface area contributed by atoms with Crippen LogP contribution in [0.4, 0.5) is 0 Å². The number of ketones is 2. The van der Waals surface area contributed by atoms with Crippen LogP contribution in [0.2, 0.25) is 0 Å². The van der Waals surface area contributed by atoms with E-state index in [0.717, 1.165) is 11.3 Å². The van der Waals surface area contributed by atoms with Gasteiger partial charge in [0, 0.05) is 11.1 Å². The highest BCUT2D eigenvalue weighted by atomic mass is 16.5. The van der Waals surface area contributed by atoms with Gasteiger partial charge in [-0.1, -0.05) is 36.4 Å². The molecule has 3 nitrogen and oxygen atoms in total. The molecule has 0 saturated heterocycles. The first-order valence-corrected chi connectivity index (χ1v) is 6.83. The fourth-order valence-electron chi connectivity index (χ4n) is 2.40. The van der Waals surface area contributed by atoms with Gasteiger partial charge in [-0.25, -0.2) is 0 Å². The Balaban J connectivity index is 1.94. The maximum absolute atomic E-state index is 12.3. The number of hydrogen-bond acceptors (Lipinski definition) is 3. The molecule has 104 valence electrons. The Labute approximate surface area is 122 Å². The van der Waals surface area contributed by atoms with Crippen molar-refractivity contribution in [2.75, 3.05) is 6.61 Å². The van der Waals surface area contributed by atoms with E-state index in [1.165, 1.54) is 0 Å². The lowest BCUT2D eigenvalue weighted by molar-refractivity contribution is 0.0990. The first-order valence-electron chi connectivity index (χ1n) is 6.83. The molecule has 3 rings (SSSR count). The molecule has 0 radical (unpaired) electrons. The number of Topliss-reactive ketones (excluding diaryl/α,β-unsaturated/α-hetero) is 2. The molecule has 0 fully saturated rings. The topological polar surface area (TPSA) is 43.4 Å². The molecule has 1 aliphatic rings. The fraction of sp³-hybridized carbons (Fsp3) is 0.111. The van der Waals surface area contributed by atoms with E-state index < -0.39 is 0 Å². The van der Waals surface area contributed by atoms with Gasteiger partial charge in [0.15, 0.2) is 11.6 Å². The number of rotatable bonds is 3. The van der Waals surface area contributed by atoms with Crippen molar-refractivity contribution in [3.63, 3.8) is 0 Å². The van der Waals surface area contributed by atoms with E-state index in [-0.39, 0.29) is 17.1 Å². The van der Waals surface area contributed by atoms with Crippen LogP contribution in [0, 0.1) is 0 Å². The van der Waals surface area contributed by atoms with Gasteiger partial charge in [-0.2, -0.15) is 0 Å². The first-order chi connectivity index (χ1) is 10.2. The van der Waals surface area contributed by atoms with Gasteiger partial charge in [-0.05, 0) is 30.7 Å². The minimum atomic E-state index is -0.204. The van der Waals surface area contributed by atoms with Crippen molar-refractivity contribution in [1.82, 2.24) is 0 Å².